The number of halogens is 1. The molecule has 1 saturated heterocycles. The first-order chi connectivity index (χ1) is 18.2. The summed E-state index contributed by atoms with van der Waals surface area (Å²) < 4.78 is 47.0. The number of amides is 1. The average Bonchev–Trinajstić information content (AvgIpc) is 2.87. The Morgan fingerprint density at radius 2 is 1.59 bits per heavy atom. The number of carbonyl (C=O) groups is 3. The Balaban J connectivity index is 1.54. The minimum atomic E-state index is -3.89. The van der Waals surface area contributed by atoms with Gasteiger partial charge in [-0.2, -0.15) is 4.31 Å². The maximum Gasteiger partial charge on any atom is 0.410 e. The third-order valence-corrected chi connectivity index (χ3v) is 8.13. The number of fused-ring (bicyclic) bond motifs is 1. The van der Waals surface area contributed by atoms with Gasteiger partial charge in [-0.1, -0.05) is 12.1 Å². The molecule has 0 bridgehead atoms. The predicted molar refractivity (Wildman–Crippen MR) is 142 cm³/mol. The Morgan fingerprint density at radius 3 is 2.18 bits per heavy atom. The molecule has 0 saturated carbocycles. The third-order valence-electron chi connectivity index (χ3n) is 6.22. The lowest BCUT2D eigenvalue weighted by Crippen LogP contribution is -2.51. The topological polar surface area (TPSA) is 121 Å². The van der Waals surface area contributed by atoms with E-state index in [4.69, 9.17) is 4.74 Å². The highest BCUT2D eigenvalue weighted by molar-refractivity contribution is 7.89. The van der Waals surface area contributed by atoms with Crippen LogP contribution in [0.15, 0.2) is 59.5 Å². The van der Waals surface area contributed by atoms with Gasteiger partial charge in [-0.25, -0.2) is 17.6 Å². The highest BCUT2D eigenvalue weighted by Gasteiger charge is 2.32. The molecule has 1 heterocycles. The number of hydrogen-bond acceptors (Lipinski definition) is 6. The van der Waals surface area contributed by atoms with Crippen LogP contribution >= 0.6 is 0 Å². The number of ether oxygens (including phenoxy) is 1. The van der Waals surface area contributed by atoms with Crippen molar-refractivity contribution in [1.82, 2.24) is 9.21 Å². The zero-order valence-electron chi connectivity index (χ0n) is 21.8. The SMILES string of the molecule is CC(C)(C)OC(=O)N1CCN(S(=O)(=O)c2ccc(C(=O)c3cc(CC(=O)O)cc4ccc(F)cc34)cc2)CC1. The van der Waals surface area contributed by atoms with Gasteiger partial charge in [0.15, 0.2) is 5.78 Å². The van der Waals surface area contributed by atoms with Gasteiger partial charge in [-0.3, -0.25) is 9.59 Å². The molecule has 11 heteroatoms. The molecule has 0 radical (unpaired) electrons. The minimum Gasteiger partial charge on any atom is -0.481 e. The van der Waals surface area contributed by atoms with Crippen molar-refractivity contribution in [2.75, 3.05) is 26.2 Å². The fourth-order valence-corrected chi connectivity index (χ4v) is 5.80. The standard InChI is InChI=1S/C28H29FN2O7S/c1-28(2,3)38-27(35)30-10-12-31(13-11-30)39(36,37)22-8-5-19(6-9-22)26(34)24-15-18(16-25(32)33)14-20-4-7-21(29)17-23(20)24/h4-9,14-15,17H,10-13,16H2,1-3H3,(H,32,33). The number of nitrogens with zero attached hydrogens (tertiary/aromatic N) is 2. The number of aliphatic carboxylic acids is 1. The summed E-state index contributed by atoms with van der Waals surface area (Å²) in [4.78, 5) is 38.4. The third kappa shape index (κ3) is 6.43. The molecule has 0 aromatic heterocycles. The van der Waals surface area contributed by atoms with E-state index in [2.05, 4.69) is 0 Å². The van der Waals surface area contributed by atoms with Gasteiger partial charge < -0.3 is 14.7 Å². The van der Waals surface area contributed by atoms with Crippen LogP contribution in [0.1, 0.15) is 42.3 Å². The molecule has 1 aliphatic rings. The Bertz CT molecular complexity index is 1540. The fourth-order valence-electron chi connectivity index (χ4n) is 4.38. The molecule has 0 unspecified atom stereocenters. The van der Waals surface area contributed by atoms with Gasteiger partial charge in [-0.15, -0.1) is 0 Å². The molecule has 39 heavy (non-hydrogen) atoms. The quantitative estimate of drug-likeness (QED) is 0.454. The second-order valence-electron chi connectivity index (χ2n) is 10.3. The van der Waals surface area contributed by atoms with Gasteiger partial charge >= 0.3 is 12.1 Å². The van der Waals surface area contributed by atoms with Crippen molar-refractivity contribution in [2.45, 2.75) is 37.7 Å². The molecular formula is C28H29FN2O7S. The van der Waals surface area contributed by atoms with Crippen LogP contribution in [0.3, 0.4) is 0 Å². The van der Waals surface area contributed by atoms with Gasteiger partial charge in [0.1, 0.15) is 11.4 Å². The first-order valence-corrected chi connectivity index (χ1v) is 13.8. The molecule has 9 nitrogen and oxygen atoms in total. The second-order valence-corrected chi connectivity index (χ2v) is 12.2. The average molecular weight is 557 g/mol. The highest BCUT2D eigenvalue weighted by Crippen LogP contribution is 2.26. The molecule has 1 aliphatic heterocycles. The fraction of sp³-hybridized carbons (Fsp3) is 0.321. The first kappa shape index (κ1) is 28.2. The molecule has 0 spiro atoms. The van der Waals surface area contributed by atoms with Crippen LogP contribution < -0.4 is 0 Å². The van der Waals surface area contributed by atoms with Gasteiger partial charge in [0.05, 0.1) is 11.3 Å². The Hall–Kier alpha value is -3.83. The predicted octanol–water partition coefficient (Wildman–Crippen LogP) is 4.08. The summed E-state index contributed by atoms with van der Waals surface area (Å²) in [7, 11) is -3.89. The van der Waals surface area contributed by atoms with Gasteiger partial charge in [-0.05, 0) is 79.6 Å². The lowest BCUT2D eigenvalue weighted by Gasteiger charge is -2.35. The Kier molecular flexibility index (Phi) is 7.76. The van der Waals surface area contributed by atoms with Crippen molar-refractivity contribution < 1.29 is 37.0 Å². The van der Waals surface area contributed by atoms with Crippen LogP contribution in [-0.4, -0.2) is 72.4 Å². The second kappa shape index (κ2) is 10.7. The summed E-state index contributed by atoms with van der Waals surface area (Å²) in [5.74, 6) is -2.11. The summed E-state index contributed by atoms with van der Waals surface area (Å²) in [6.07, 6.45) is -0.811. The summed E-state index contributed by atoms with van der Waals surface area (Å²) in [6.45, 7) is 5.82. The van der Waals surface area contributed by atoms with Crippen molar-refractivity contribution in [3.8, 4) is 0 Å². The molecule has 206 valence electrons. The molecule has 4 rings (SSSR count). The van der Waals surface area contributed by atoms with E-state index in [9.17, 15) is 32.3 Å². The van der Waals surface area contributed by atoms with Crippen molar-refractivity contribution in [2.24, 2.45) is 0 Å². The molecule has 1 fully saturated rings. The number of hydrogen-bond donors (Lipinski definition) is 1. The zero-order valence-corrected chi connectivity index (χ0v) is 22.6. The minimum absolute atomic E-state index is 0.0136. The molecule has 1 N–H and O–H groups in total. The summed E-state index contributed by atoms with van der Waals surface area (Å²) in [5.41, 5.74) is 0.0193. The van der Waals surface area contributed by atoms with Crippen molar-refractivity contribution in [1.29, 1.82) is 0 Å². The number of benzene rings is 3. The number of ketones is 1. The van der Waals surface area contributed by atoms with Crippen molar-refractivity contribution in [3.63, 3.8) is 0 Å². The number of piperazine rings is 1. The van der Waals surface area contributed by atoms with Crippen molar-refractivity contribution >= 4 is 38.6 Å². The summed E-state index contributed by atoms with van der Waals surface area (Å²) >= 11 is 0. The molecule has 1 amide bonds. The van der Waals surface area contributed by atoms with E-state index in [1.807, 2.05) is 0 Å². The maximum absolute atomic E-state index is 14.0. The van der Waals surface area contributed by atoms with Crippen LogP contribution in [0.2, 0.25) is 0 Å². The lowest BCUT2D eigenvalue weighted by molar-refractivity contribution is -0.136. The smallest absolute Gasteiger partial charge is 0.410 e. The van der Waals surface area contributed by atoms with E-state index in [-0.39, 0.29) is 48.6 Å². The Labute approximate surface area is 225 Å². The van der Waals surface area contributed by atoms with Crippen LogP contribution in [0.25, 0.3) is 10.8 Å². The zero-order chi connectivity index (χ0) is 28.5. The monoisotopic (exact) mass is 556 g/mol. The molecule has 3 aromatic rings. The van der Waals surface area contributed by atoms with Gasteiger partial charge in [0.25, 0.3) is 0 Å². The van der Waals surface area contributed by atoms with Gasteiger partial charge in [0, 0.05) is 37.3 Å². The maximum atomic E-state index is 14.0. The summed E-state index contributed by atoms with van der Waals surface area (Å²) in [5, 5.41) is 10.0. The van der Waals surface area contributed by atoms with E-state index in [1.165, 1.54) is 57.7 Å². The molecule has 0 atom stereocenters. The highest BCUT2D eigenvalue weighted by atomic mass is 32.2. The van der Waals surface area contributed by atoms with Crippen LogP contribution in [-0.2, 0) is 26.0 Å². The molecular weight excluding hydrogens is 527 g/mol. The largest absolute Gasteiger partial charge is 0.481 e. The van der Waals surface area contributed by atoms with E-state index >= 15 is 0 Å². The lowest BCUT2D eigenvalue weighted by atomic mass is 9.94. The van der Waals surface area contributed by atoms with E-state index in [1.54, 1.807) is 26.8 Å². The molecule has 3 aromatic carbocycles. The Morgan fingerprint density at radius 1 is 0.949 bits per heavy atom. The van der Waals surface area contributed by atoms with E-state index < -0.39 is 39.3 Å². The van der Waals surface area contributed by atoms with Crippen molar-refractivity contribution in [3.05, 3.63) is 77.1 Å². The van der Waals surface area contributed by atoms with Gasteiger partial charge in [0.2, 0.25) is 10.0 Å². The molecule has 0 aliphatic carbocycles. The van der Waals surface area contributed by atoms with E-state index in [0.29, 0.717) is 16.3 Å². The number of sulfonamides is 1. The van der Waals surface area contributed by atoms with Crippen LogP contribution in [0, 0.1) is 5.82 Å². The first-order valence-electron chi connectivity index (χ1n) is 12.3. The number of carboxylic acids is 1. The number of carboxylic acid groups (broad SMARTS) is 1. The van der Waals surface area contributed by atoms with Crippen LogP contribution in [0.5, 0.6) is 0 Å². The van der Waals surface area contributed by atoms with E-state index in [0.717, 1.165) is 0 Å². The van der Waals surface area contributed by atoms with Crippen LogP contribution in [0.4, 0.5) is 9.18 Å². The number of rotatable bonds is 6. The normalized spacial score (nSPS) is 14.8. The number of carbonyl (C=O) groups excluding carboxylic acids is 2. The summed E-state index contributed by atoms with van der Waals surface area (Å²) in [6, 6.07) is 12.3.